The number of nitrogens with one attached hydrogen (secondary N) is 2. The van der Waals surface area contributed by atoms with Gasteiger partial charge in [-0.25, -0.2) is 9.50 Å². The number of aryl methyl sites for hydroxylation is 1. The smallest absolute Gasteiger partial charge is 0.276 e. The van der Waals surface area contributed by atoms with E-state index in [1.807, 2.05) is 6.92 Å². The van der Waals surface area contributed by atoms with E-state index in [1.54, 1.807) is 10.7 Å². The molecule has 6 heteroatoms. The number of fused-ring (bicyclic) bond motifs is 1. The van der Waals surface area contributed by atoms with Gasteiger partial charge in [0.1, 0.15) is 11.6 Å². The normalized spacial score (nSPS) is 23.9. The Kier molecular flexibility index (Phi) is 2.66. The Labute approximate surface area is 104 Å². The van der Waals surface area contributed by atoms with Crippen LogP contribution in [0.3, 0.4) is 0 Å². The maximum absolute atomic E-state index is 12.0. The van der Waals surface area contributed by atoms with E-state index < -0.39 is 0 Å². The van der Waals surface area contributed by atoms with Crippen LogP contribution in [0.15, 0.2) is 11.0 Å². The van der Waals surface area contributed by atoms with Gasteiger partial charge in [-0.1, -0.05) is 13.8 Å². The average molecular weight is 247 g/mol. The summed E-state index contributed by atoms with van der Waals surface area (Å²) in [6.07, 6.45) is 2.35. The minimum absolute atomic E-state index is 0.105. The number of rotatable bonds is 2. The lowest BCUT2D eigenvalue weighted by Gasteiger charge is -2.13. The van der Waals surface area contributed by atoms with E-state index in [9.17, 15) is 4.79 Å². The van der Waals surface area contributed by atoms with Crippen molar-refractivity contribution >= 4 is 5.52 Å². The second kappa shape index (κ2) is 4.20. The Morgan fingerprint density at radius 1 is 1.50 bits per heavy atom. The van der Waals surface area contributed by atoms with Crippen molar-refractivity contribution in [2.45, 2.75) is 26.2 Å². The molecule has 0 aliphatic carbocycles. The van der Waals surface area contributed by atoms with E-state index in [0.717, 1.165) is 31.2 Å². The summed E-state index contributed by atoms with van der Waals surface area (Å²) in [4.78, 5) is 19.1. The van der Waals surface area contributed by atoms with Gasteiger partial charge in [-0.15, -0.1) is 0 Å². The summed E-state index contributed by atoms with van der Waals surface area (Å²) in [6.45, 7) is 6.02. The maximum Gasteiger partial charge on any atom is 0.276 e. The van der Waals surface area contributed by atoms with Gasteiger partial charge in [0.2, 0.25) is 0 Å². The molecule has 3 rings (SSSR count). The van der Waals surface area contributed by atoms with Gasteiger partial charge in [0.05, 0.1) is 6.20 Å². The highest BCUT2D eigenvalue weighted by Crippen LogP contribution is 2.24. The first-order valence-corrected chi connectivity index (χ1v) is 6.38. The molecule has 0 radical (unpaired) electrons. The van der Waals surface area contributed by atoms with Crippen molar-refractivity contribution in [1.82, 2.24) is 24.9 Å². The first-order valence-electron chi connectivity index (χ1n) is 6.38. The van der Waals surface area contributed by atoms with Crippen molar-refractivity contribution in [1.29, 1.82) is 0 Å². The van der Waals surface area contributed by atoms with Crippen LogP contribution in [0.2, 0.25) is 0 Å². The third-order valence-corrected chi connectivity index (χ3v) is 3.68. The lowest BCUT2D eigenvalue weighted by Crippen LogP contribution is -2.21. The van der Waals surface area contributed by atoms with Crippen LogP contribution >= 0.6 is 0 Å². The average Bonchev–Trinajstić information content (AvgIpc) is 2.94. The second-order valence-corrected chi connectivity index (χ2v) is 4.91. The zero-order valence-electron chi connectivity index (χ0n) is 10.6. The number of imidazole rings is 1. The summed E-state index contributed by atoms with van der Waals surface area (Å²) in [6, 6.07) is 0. The van der Waals surface area contributed by atoms with E-state index in [-0.39, 0.29) is 11.5 Å². The Balaban J connectivity index is 2.16. The van der Waals surface area contributed by atoms with Crippen LogP contribution in [0, 0.1) is 5.92 Å². The number of hydrogen-bond donors (Lipinski definition) is 2. The summed E-state index contributed by atoms with van der Waals surface area (Å²) in [5.74, 6) is 2.35. The number of aromatic nitrogens is 4. The number of aromatic amines is 1. The van der Waals surface area contributed by atoms with Crippen LogP contribution in [0.1, 0.15) is 31.4 Å². The van der Waals surface area contributed by atoms with Crippen molar-refractivity contribution < 1.29 is 0 Å². The summed E-state index contributed by atoms with van der Waals surface area (Å²) < 4.78 is 1.68. The molecule has 1 saturated heterocycles. The van der Waals surface area contributed by atoms with Gasteiger partial charge in [-0.3, -0.25) is 4.79 Å². The van der Waals surface area contributed by atoms with Gasteiger partial charge in [0, 0.05) is 18.9 Å². The summed E-state index contributed by atoms with van der Waals surface area (Å²) >= 11 is 0. The quantitative estimate of drug-likeness (QED) is 0.800. The molecular weight excluding hydrogens is 230 g/mol. The van der Waals surface area contributed by atoms with Gasteiger partial charge < -0.3 is 10.3 Å². The van der Waals surface area contributed by atoms with Crippen molar-refractivity contribution in [3.63, 3.8) is 0 Å². The number of hydrogen-bond acceptors (Lipinski definition) is 4. The van der Waals surface area contributed by atoms with Crippen molar-refractivity contribution in [2.75, 3.05) is 13.1 Å². The maximum atomic E-state index is 12.0. The fraction of sp³-hybridized carbons (Fsp3) is 0.583. The molecule has 96 valence electrons. The third-order valence-electron chi connectivity index (χ3n) is 3.68. The highest BCUT2D eigenvalue weighted by molar-refractivity contribution is 5.42. The highest BCUT2D eigenvalue weighted by Gasteiger charge is 2.27. The molecule has 18 heavy (non-hydrogen) atoms. The Morgan fingerprint density at radius 3 is 3.00 bits per heavy atom. The number of H-pyrrole nitrogens is 1. The summed E-state index contributed by atoms with van der Waals surface area (Å²) in [5, 5.41) is 7.88. The molecule has 0 bridgehead atoms. The molecular formula is C12H17N5O. The lowest BCUT2D eigenvalue weighted by atomic mass is 9.98. The van der Waals surface area contributed by atoms with E-state index in [0.29, 0.717) is 11.4 Å². The highest BCUT2D eigenvalue weighted by atomic mass is 16.1. The Morgan fingerprint density at radius 2 is 2.33 bits per heavy atom. The van der Waals surface area contributed by atoms with Crippen LogP contribution in [0.5, 0.6) is 0 Å². The minimum atomic E-state index is -0.105. The van der Waals surface area contributed by atoms with Crippen LogP contribution < -0.4 is 10.9 Å². The van der Waals surface area contributed by atoms with Crippen molar-refractivity contribution in [3.8, 4) is 0 Å². The van der Waals surface area contributed by atoms with Gasteiger partial charge in [-0.2, -0.15) is 5.10 Å². The molecule has 1 fully saturated rings. The molecule has 2 atom stereocenters. The molecule has 6 nitrogen and oxygen atoms in total. The van der Waals surface area contributed by atoms with Crippen LogP contribution in [-0.2, 0) is 6.42 Å². The fourth-order valence-electron chi connectivity index (χ4n) is 2.55. The third kappa shape index (κ3) is 1.64. The summed E-state index contributed by atoms with van der Waals surface area (Å²) in [7, 11) is 0. The molecule has 1 aliphatic heterocycles. The summed E-state index contributed by atoms with van der Waals surface area (Å²) in [5.41, 5.74) is 0.417. The zero-order chi connectivity index (χ0) is 12.7. The SMILES string of the molecule is CCc1ncc2c(=O)[nH]c(C3CNCC3C)nn12. The second-order valence-electron chi connectivity index (χ2n) is 4.91. The molecule has 3 heterocycles. The molecule has 2 N–H and O–H groups in total. The minimum Gasteiger partial charge on any atom is -0.316 e. The van der Waals surface area contributed by atoms with Crippen molar-refractivity contribution in [3.05, 3.63) is 28.2 Å². The molecule has 0 aromatic carbocycles. The monoisotopic (exact) mass is 247 g/mol. The fourth-order valence-corrected chi connectivity index (χ4v) is 2.55. The molecule has 2 unspecified atom stereocenters. The molecule has 0 spiro atoms. The van der Waals surface area contributed by atoms with Gasteiger partial charge >= 0.3 is 0 Å². The van der Waals surface area contributed by atoms with E-state index in [4.69, 9.17) is 0 Å². The largest absolute Gasteiger partial charge is 0.316 e. The molecule has 2 aromatic rings. The van der Waals surface area contributed by atoms with Crippen LogP contribution in [0.25, 0.3) is 5.52 Å². The van der Waals surface area contributed by atoms with E-state index in [2.05, 4.69) is 27.3 Å². The number of nitrogens with zero attached hydrogens (tertiary/aromatic N) is 3. The molecule has 0 saturated carbocycles. The topological polar surface area (TPSA) is 75.1 Å². The standard InChI is InChI=1S/C12H17N5O/c1-3-10-14-6-9-12(18)15-11(16-17(9)10)8-5-13-4-7(8)2/h6-8,13H,3-5H2,1-2H3,(H,15,16,18). The molecule has 1 aliphatic rings. The Hall–Kier alpha value is -1.69. The van der Waals surface area contributed by atoms with Gasteiger partial charge in [-0.05, 0) is 12.5 Å². The first-order chi connectivity index (χ1) is 8.70. The predicted molar refractivity (Wildman–Crippen MR) is 67.8 cm³/mol. The lowest BCUT2D eigenvalue weighted by molar-refractivity contribution is 0.531. The van der Waals surface area contributed by atoms with E-state index in [1.165, 1.54) is 0 Å². The van der Waals surface area contributed by atoms with Gasteiger partial charge in [0.15, 0.2) is 5.52 Å². The zero-order valence-corrected chi connectivity index (χ0v) is 10.6. The molecule has 0 amide bonds. The Bertz CT molecular complexity index is 629. The molecule has 2 aromatic heterocycles. The van der Waals surface area contributed by atoms with Crippen LogP contribution in [-0.4, -0.2) is 32.7 Å². The van der Waals surface area contributed by atoms with Gasteiger partial charge in [0.25, 0.3) is 5.56 Å². The van der Waals surface area contributed by atoms with Crippen LogP contribution in [0.4, 0.5) is 0 Å². The predicted octanol–water partition coefficient (Wildman–Crippen LogP) is 0.303. The van der Waals surface area contributed by atoms with Crippen molar-refractivity contribution in [2.24, 2.45) is 5.92 Å². The first kappa shape index (κ1) is 11.4. The van der Waals surface area contributed by atoms with E-state index >= 15 is 0 Å².